The molecule has 4 rings (SSSR count). The fourth-order valence-electron chi connectivity index (χ4n) is 2.97. The van der Waals surface area contributed by atoms with E-state index in [1.54, 1.807) is 18.3 Å². The topological polar surface area (TPSA) is 105 Å². The van der Waals surface area contributed by atoms with Gasteiger partial charge in [-0.2, -0.15) is 0 Å². The first-order valence-corrected chi connectivity index (χ1v) is 10.1. The monoisotopic (exact) mass is 425 g/mol. The zero-order chi connectivity index (χ0) is 22.5. The number of aryl methyl sites for hydroxylation is 3. The molecule has 0 spiro atoms. The van der Waals surface area contributed by atoms with E-state index in [2.05, 4.69) is 35.9 Å². The summed E-state index contributed by atoms with van der Waals surface area (Å²) in [7, 11) is 0. The van der Waals surface area contributed by atoms with Crippen molar-refractivity contribution in [3.05, 3.63) is 89.8 Å². The molecular formula is C24H23N7O. The number of anilines is 5. The molecule has 0 saturated heterocycles. The van der Waals surface area contributed by atoms with Gasteiger partial charge in [0, 0.05) is 29.3 Å². The molecule has 160 valence electrons. The van der Waals surface area contributed by atoms with E-state index in [1.807, 2.05) is 63.2 Å². The maximum Gasteiger partial charge on any atom is 0.275 e. The van der Waals surface area contributed by atoms with E-state index < -0.39 is 0 Å². The molecule has 0 unspecified atom stereocenters. The molecule has 0 atom stereocenters. The minimum Gasteiger partial charge on any atom is -0.340 e. The van der Waals surface area contributed by atoms with Crippen molar-refractivity contribution < 1.29 is 4.79 Å². The Kier molecular flexibility index (Phi) is 6.03. The van der Waals surface area contributed by atoms with Crippen molar-refractivity contribution in [2.45, 2.75) is 20.8 Å². The lowest BCUT2D eigenvalue weighted by Gasteiger charge is -2.11. The smallest absolute Gasteiger partial charge is 0.275 e. The first kappa shape index (κ1) is 20.9. The van der Waals surface area contributed by atoms with Crippen LogP contribution < -0.4 is 16.0 Å². The van der Waals surface area contributed by atoms with Crippen LogP contribution in [0.1, 0.15) is 27.6 Å². The van der Waals surface area contributed by atoms with Crippen LogP contribution in [-0.2, 0) is 0 Å². The van der Waals surface area contributed by atoms with Gasteiger partial charge in [-0.25, -0.2) is 15.0 Å². The van der Waals surface area contributed by atoms with Crippen LogP contribution >= 0.6 is 0 Å². The van der Waals surface area contributed by atoms with E-state index in [4.69, 9.17) is 0 Å². The molecule has 2 aromatic carbocycles. The van der Waals surface area contributed by atoms with Crippen LogP contribution in [0.5, 0.6) is 0 Å². The molecule has 8 heteroatoms. The minimum absolute atomic E-state index is 0.267. The summed E-state index contributed by atoms with van der Waals surface area (Å²) < 4.78 is 0. The minimum atomic E-state index is -0.309. The zero-order valence-corrected chi connectivity index (χ0v) is 18.0. The van der Waals surface area contributed by atoms with Crippen molar-refractivity contribution >= 4 is 34.6 Å². The Bertz CT molecular complexity index is 1220. The molecule has 0 aliphatic heterocycles. The van der Waals surface area contributed by atoms with Gasteiger partial charge in [-0.3, -0.25) is 9.78 Å². The first-order chi connectivity index (χ1) is 15.4. The molecule has 2 aromatic heterocycles. The number of nitrogens with one attached hydrogen (secondary N) is 3. The highest BCUT2D eigenvalue weighted by Gasteiger charge is 2.08. The average molecular weight is 425 g/mol. The molecular weight excluding hydrogens is 402 g/mol. The highest BCUT2D eigenvalue weighted by atomic mass is 16.1. The van der Waals surface area contributed by atoms with E-state index in [0.717, 1.165) is 17.1 Å². The number of carbonyl (C=O) groups is 1. The molecule has 0 aliphatic rings. The summed E-state index contributed by atoms with van der Waals surface area (Å²) in [6.07, 6.45) is 3.02. The first-order valence-electron chi connectivity index (χ1n) is 10.1. The van der Waals surface area contributed by atoms with Crippen LogP contribution in [0, 0.1) is 20.8 Å². The zero-order valence-electron chi connectivity index (χ0n) is 18.0. The van der Waals surface area contributed by atoms with Crippen molar-refractivity contribution in [2.75, 3.05) is 16.0 Å². The van der Waals surface area contributed by atoms with Gasteiger partial charge in [-0.15, -0.1) is 0 Å². The van der Waals surface area contributed by atoms with Gasteiger partial charge in [-0.1, -0.05) is 17.7 Å². The third-order valence-corrected chi connectivity index (χ3v) is 4.59. The van der Waals surface area contributed by atoms with Crippen molar-refractivity contribution in [3.63, 3.8) is 0 Å². The fourth-order valence-corrected chi connectivity index (χ4v) is 2.97. The average Bonchev–Trinajstić information content (AvgIpc) is 2.77. The van der Waals surface area contributed by atoms with E-state index >= 15 is 0 Å². The number of nitrogens with zero attached hydrogens (tertiary/aromatic N) is 4. The molecule has 1 amide bonds. The molecule has 0 fully saturated rings. The predicted octanol–water partition coefficient (Wildman–Crippen LogP) is 4.93. The molecule has 4 aromatic rings. The lowest BCUT2D eigenvalue weighted by molar-refractivity contribution is 0.102. The number of rotatable bonds is 6. The van der Waals surface area contributed by atoms with Gasteiger partial charge in [-0.05, 0) is 57.2 Å². The van der Waals surface area contributed by atoms with E-state index in [0.29, 0.717) is 23.1 Å². The summed E-state index contributed by atoms with van der Waals surface area (Å²) in [5.41, 5.74) is 4.67. The number of aromatic nitrogens is 4. The molecule has 0 saturated carbocycles. The number of hydrogen-bond donors (Lipinski definition) is 3. The van der Waals surface area contributed by atoms with Gasteiger partial charge < -0.3 is 16.0 Å². The standard InChI is InChI=1S/C24H23N7O/c1-15-4-6-18(7-5-15)29-22-12-23(28-17(3)27-22)30-19-8-10-20(11-9-19)31-24(32)21-14-25-16(2)13-26-21/h4-14H,1-3H3,(H,31,32)(H2,27,28,29,30). The maximum absolute atomic E-state index is 12.3. The van der Waals surface area contributed by atoms with Crippen LogP contribution in [0.3, 0.4) is 0 Å². The van der Waals surface area contributed by atoms with Gasteiger partial charge in [0.25, 0.3) is 5.91 Å². The van der Waals surface area contributed by atoms with Crippen LogP contribution in [0.4, 0.5) is 28.7 Å². The van der Waals surface area contributed by atoms with Crippen molar-refractivity contribution in [1.82, 2.24) is 19.9 Å². The van der Waals surface area contributed by atoms with Gasteiger partial charge in [0.05, 0.1) is 11.9 Å². The second kappa shape index (κ2) is 9.22. The van der Waals surface area contributed by atoms with Gasteiger partial charge in [0.15, 0.2) is 0 Å². The summed E-state index contributed by atoms with van der Waals surface area (Å²) >= 11 is 0. The quantitative estimate of drug-likeness (QED) is 0.402. The Hall–Kier alpha value is -4.33. The third kappa shape index (κ3) is 5.42. The lowest BCUT2D eigenvalue weighted by Crippen LogP contribution is -2.14. The Morgan fingerprint density at radius 1 is 0.719 bits per heavy atom. The highest BCUT2D eigenvalue weighted by molar-refractivity contribution is 6.02. The summed E-state index contributed by atoms with van der Waals surface area (Å²) in [4.78, 5) is 29.4. The van der Waals surface area contributed by atoms with Gasteiger partial charge >= 0.3 is 0 Å². The Morgan fingerprint density at radius 2 is 1.28 bits per heavy atom. The molecule has 0 radical (unpaired) electrons. The number of amides is 1. The Morgan fingerprint density at radius 3 is 1.84 bits per heavy atom. The third-order valence-electron chi connectivity index (χ3n) is 4.59. The van der Waals surface area contributed by atoms with E-state index in [1.165, 1.54) is 11.8 Å². The van der Waals surface area contributed by atoms with Crippen LogP contribution in [0.15, 0.2) is 67.0 Å². The summed E-state index contributed by atoms with van der Waals surface area (Å²) in [6, 6.07) is 17.3. The molecule has 3 N–H and O–H groups in total. The predicted molar refractivity (Wildman–Crippen MR) is 126 cm³/mol. The van der Waals surface area contributed by atoms with Crippen molar-refractivity contribution in [1.29, 1.82) is 0 Å². The van der Waals surface area contributed by atoms with E-state index in [-0.39, 0.29) is 11.6 Å². The normalized spacial score (nSPS) is 10.5. The molecule has 32 heavy (non-hydrogen) atoms. The second-order valence-electron chi connectivity index (χ2n) is 7.38. The number of benzene rings is 2. The molecule has 8 nitrogen and oxygen atoms in total. The van der Waals surface area contributed by atoms with Crippen LogP contribution in [-0.4, -0.2) is 25.8 Å². The molecule has 2 heterocycles. The van der Waals surface area contributed by atoms with E-state index in [9.17, 15) is 4.79 Å². The molecule has 0 bridgehead atoms. The second-order valence-corrected chi connectivity index (χ2v) is 7.38. The summed E-state index contributed by atoms with van der Waals surface area (Å²) in [6.45, 7) is 5.72. The number of hydrogen-bond acceptors (Lipinski definition) is 7. The SMILES string of the molecule is Cc1ccc(Nc2cc(Nc3ccc(NC(=O)c4cnc(C)cn4)cc3)nc(C)n2)cc1. The number of carbonyl (C=O) groups excluding carboxylic acids is 1. The van der Waals surface area contributed by atoms with Crippen LogP contribution in [0.25, 0.3) is 0 Å². The Balaban J connectivity index is 1.42. The maximum atomic E-state index is 12.3. The summed E-state index contributed by atoms with van der Waals surface area (Å²) in [5, 5.41) is 9.38. The summed E-state index contributed by atoms with van der Waals surface area (Å²) in [5.74, 6) is 1.70. The Labute approximate surface area is 186 Å². The fraction of sp³-hybridized carbons (Fsp3) is 0.125. The highest BCUT2D eigenvalue weighted by Crippen LogP contribution is 2.22. The van der Waals surface area contributed by atoms with Crippen LogP contribution in [0.2, 0.25) is 0 Å². The van der Waals surface area contributed by atoms with Crippen molar-refractivity contribution in [2.24, 2.45) is 0 Å². The molecule has 0 aliphatic carbocycles. The van der Waals surface area contributed by atoms with Gasteiger partial charge in [0.2, 0.25) is 0 Å². The van der Waals surface area contributed by atoms with Gasteiger partial charge in [0.1, 0.15) is 23.2 Å². The largest absolute Gasteiger partial charge is 0.340 e. The van der Waals surface area contributed by atoms with Crippen molar-refractivity contribution in [3.8, 4) is 0 Å². The lowest BCUT2D eigenvalue weighted by atomic mass is 10.2.